The smallest absolute Gasteiger partial charge is 0.185 e. The lowest BCUT2D eigenvalue weighted by Gasteiger charge is -2.18. The van der Waals surface area contributed by atoms with Gasteiger partial charge in [-0.1, -0.05) is 29.4 Å². The normalized spacial score (nSPS) is 13.7. The highest BCUT2D eigenvalue weighted by Crippen LogP contribution is 2.25. The van der Waals surface area contributed by atoms with Gasteiger partial charge in [-0.2, -0.15) is 5.26 Å². The van der Waals surface area contributed by atoms with Crippen LogP contribution in [0.2, 0.25) is 5.02 Å². The predicted octanol–water partition coefficient (Wildman–Crippen LogP) is 1.89. The molecule has 6 heteroatoms. The summed E-state index contributed by atoms with van der Waals surface area (Å²) in [4.78, 5) is 10.8. The number of nitriles is 1. The van der Waals surface area contributed by atoms with E-state index >= 15 is 0 Å². The van der Waals surface area contributed by atoms with Gasteiger partial charge < -0.3 is 10.2 Å². The summed E-state index contributed by atoms with van der Waals surface area (Å²) in [6.45, 7) is 1.38. The summed E-state index contributed by atoms with van der Waals surface area (Å²) in [5.41, 5.74) is 0.514. The molecule has 1 aromatic carbocycles. The molecule has 2 N–H and O–H groups in total. The van der Waals surface area contributed by atoms with Crippen LogP contribution in [-0.4, -0.2) is 27.2 Å². The molecule has 0 aliphatic heterocycles. The van der Waals surface area contributed by atoms with Crippen LogP contribution < -0.4 is 0 Å². The number of halogens is 1. The topological polar surface area (TPSA) is 81.3 Å². The second-order valence-corrected chi connectivity index (χ2v) is 5.29. The van der Waals surface area contributed by atoms with Crippen molar-refractivity contribution in [1.29, 1.82) is 5.26 Å². The van der Waals surface area contributed by atoms with Gasteiger partial charge >= 0.3 is 0 Å². The molecule has 2 unspecified atom stereocenters. The van der Waals surface area contributed by atoms with E-state index in [1.807, 2.05) is 6.07 Å². The predicted molar refractivity (Wildman–Crippen MR) is 70.3 cm³/mol. The Labute approximate surface area is 114 Å². The molecule has 96 valence electrons. The minimum Gasteiger partial charge on any atom is -0.389 e. The first-order valence-electron chi connectivity index (χ1n) is 5.14. The first-order chi connectivity index (χ1) is 8.45. The van der Waals surface area contributed by atoms with Gasteiger partial charge in [-0.15, -0.1) is 0 Å². The minimum atomic E-state index is -1.22. The summed E-state index contributed by atoms with van der Waals surface area (Å²) in [5, 5.41) is 28.9. The Morgan fingerprint density at radius 2 is 2.22 bits per heavy atom. The third-order valence-electron chi connectivity index (χ3n) is 2.28. The van der Waals surface area contributed by atoms with Gasteiger partial charge in [0.05, 0.1) is 17.7 Å². The average molecular weight is 286 g/mol. The maximum Gasteiger partial charge on any atom is 0.185 e. The van der Waals surface area contributed by atoms with Crippen molar-refractivity contribution in [2.75, 3.05) is 5.75 Å². The standard InChI is InChI=1S/C12H12ClNO3S/c1-7(15)18-6-11(16)12(17)10-3-2-9(13)4-8(10)5-14/h2-4,11-12,16-17H,6H2,1H3. The van der Waals surface area contributed by atoms with Crippen LogP contribution in [0.5, 0.6) is 0 Å². The van der Waals surface area contributed by atoms with Crippen LogP contribution in [0.4, 0.5) is 0 Å². The molecule has 0 aromatic heterocycles. The van der Waals surface area contributed by atoms with Crippen molar-refractivity contribution < 1.29 is 15.0 Å². The number of aliphatic hydroxyl groups excluding tert-OH is 2. The second kappa shape index (κ2) is 6.76. The van der Waals surface area contributed by atoms with Crippen LogP contribution in [0.1, 0.15) is 24.2 Å². The third kappa shape index (κ3) is 4.00. The number of aliphatic hydroxyl groups is 2. The van der Waals surface area contributed by atoms with Crippen LogP contribution in [0.25, 0.3) is 0 Å². The highest BCUT2D eigenvalue weighted by Gasteiger charge is 2.21. The van der Waals surface area contributed by atoms with Gasteiger partial charge in [0.1, 0.15) is 6.10 Å². The van der Waals surface area contributed by atoms with E-state index in [2.05, 4.69) is 0 Å². The first-order valence-corrected chi connectivity index (χ1v) is 6.51. The average Bonchev–Trinajstić information content (AvgIpc) is 2.34. The number of hydrogen-bond donors (Lipinski definition) is 2. The minimum absolute atomic E-state index is 0.0734. The maximum absolute atomic E-state index is 10.8. The van der Waals surface area contributed by atoms with Crippen molar-refractivity contribution in [1.82, 2.24) is 0 Å². The van der Waals surface area contributed by atoms with Crippen molar-refractivity contribution in [2.45, 2.75) is 19.1 Å². The molecule has 4 nitrogen and oxygen atoms in total. The summed E-state index contributed by atoms with van der Waals surface area (Å²) < 4.78 is 0. The van der Waals surface area contributed by atoms with Crippen LogP contribution in [0.15, 0.2) is 18.2 Å². The molecule has 0 radical (unpaired) electrons. The van der Waals surface area contributed by atoms with Crippen molar-refractivity contribution in [3.8, 4) is 6.07 Å². The summed E-state index contributed by atoms with van der Waals surface area (Å²) >= 11 is 6.66. The van der Waals surface area contributed by atoms with Crippen LogP contribution >= 0.6 is 23.4 Å². The maximum atomic E-state index is 10.8. The Morgan fingerprint density at radius 1 is 1.56 bits per heavy atom. The lowest BCUT2D eigenvalue weighted by Crippen LogP contribution is -2.22. The molecule has 0 saturated carbocycles. The molecule has 0 bridgehead atoms. The number of carbonyl (C=O) groups excluding carboxylic acids is 1. The second-order valence-electron chi connectivity index (χ2n) is 3.66. The van der Waals surface area contributed by atoms with Crippen molar-refractivity contribution in [2.24, 2.45) is 0 Å². The monoisotopic (exact) mass is 285 g/mol. The number of hydrogen-bond acceptors (Lipinski definition) is 5. The lowest BCUT2D eigenvalue weighted by atomic mass is 10.00. The zero-order valence-corrected chi connectivity index (χ0v) is 11.2. The van der Waals surface area contributed by atoms with E-state index in [0.717, 1.165) is 11.8 Å². The Bertz CT molecular complexity index is 487. The van der Waals surface area contributed by atoms with Crippen LogP contribution in [0, 0.1) is 11.3 Å². The quantitative estimate of drug-likeness (QED) is 0.883. The molecule has 0 aliphatic rings. The van der Waals surface area contributed by atoms with E-state index in [1.54, 1.807) is 0 Å². The van der Waals surface area contributed by atoms with Crippen molar-refractivity contribution in [3.63, 3.8) is 0 Å². The van der Waals surface area contributed by atoms with Gasteiger partial charge in [-0.3, -0.25) is 4.79 Å². The molecule has 1 aromatic rings. The third-order valence-corrected chi connectivity index (χ3v) is 3.43. The van der Waals surface area contributed by atoms with E-state index in [-0.39, 0.29) is 16.4 Å². The SMILES string of the molecule is CC(=O)SCC(O)C(O)c1ccc(Cl)cc1C#N. The largest absolute Gasteiger partial charge is 0.389 e. The van der Waals surface area contributed by atoms with Crippen molar-refractivity contribution >= 4 is 28.5 Å². The molecule has 0 aliphatic carbocycles. The van der Waals surface area contributed by atoms with Gasteiger partial charge in [-0.25, -0.2) is 0 Å². The molecule has 0 saturated heterocycles. The highest BCUT2D eigenvalue weighted by molar-refractivity contribution is 8.13. The molecule has 2 atom stereocenters. The van der Waals surface area contributed by atoms with E-state index < -0.39 is 12.2 Å². The molecule has 0 fully saturated rings. The lowest BCUT2D eigenvalue weighted by molar-refractivity contribution is -0.109. The Hall–Kier alpha value is -1.06. The number of thioether (sulfide) groups is 1. The van der Waals surface area contributed by atoms with Crippen molar-refractivity contribution in [3.05, 3.63) is 34.3 Å². The van der Waals surface area contributed by atoms with Crippen LogP contribution in [0.3, 0.4) is 0 Å². The first kappa shape index (κ1) is 15.0. The number of nitrogens with zero attached hydrogens (tertiary/aromatic N) is 1. The fraction of sp³-hybridized carbons (Fsp3) is 0.333. The Balaban J connectivity index is 2.86. The summed E-state index contributed by atoms with van der Waals surface area (Å²) in [5.74, 6) is 0.0734. The van der Waals surface area contributed by atoms with Gasteiger partial charge in [0.25, 0.3) is 0 Å². The molecular formula is C12H12ClNO3S. The van der Waals surface area contributed by atoms with Gasteiger partial charge in [0.15, 0.2) is 5.12 Å². The summed E-state index contributed by atoms with van der Waals surface area (Å²) in [6.07, 6.45) is -2.34. The summed E-state index contributed by atoms with van der Waals surface area (Å²) in [7, 11) is 0. The van der Waals surface area contributed by atoms with E-state index in [4.69, 9.17) is 16.9 Å². The van der Waals surface area contributed by atoms with Gasteiger partial charge in [0.2, 0.25) is 0 Å². The van der Waals surface area contributed by atoms with E-state index in [0.29, 0.717) is 10.6 Å². The fourth-order valence-electron chi connectivity index (χ4n) is 1.38. The molecule has 0 amide bonds. The Kier molecular flexibility index (Phi) is 5.63. The zero-order valence-electron chi connectivity index (χ0n) is 9.63. The fourth-order valence-corrected chi connectivity index (χ4v) is 2.14. The molecule has 0 heterocycles. The number of benzene rings is 1. The number of carbonyl (C=O) groups is 1. The molecule has 0 spiro atoms. The van der Waals surface area contributed by atoms with Gasteiger partial charge in [0, 0.05) is 23.3 Å². The molecular weight excluding hydrogens is 274 g/mol. The molecule has 1 rings (SSSR count). The number of rotatable bonds is 4. The summed E-state index contributed by atoms with van der Waals surface area (Å²) in [6, 6.07) is 6.36. The molecule has 18 heavy (non-hydrogen) atoms. The van der Waals surface area contributed by atoms with Gasteiger partial charge in [-0.05, 0) is 12.1 Å². The highest BCUT2D eigenvalue weighted by atomic mass is 35.5. The van der Waals surface area contributed by atoms with Crippen LogP contribution in [-0.2, 0) is 4.79 Å². The zero-order chi connectivity index (χ0) is 13.7. The van der Waals surface area contributed by atoms with E-state index in [9.17, 15) is 15.0 Å². The van der Waals surface area contributed by atoms with E-state index in [1.165, 1.54) is 25.1 Å². The Morgan fingerprint density at radius 3 is 2.78 bits per heavy atom.